The van der Waals surface area contributed by atoms with Crippen LogP contribution in [0.1, 0.15) is 64.2 Å². The van der Waals surface area contributed by atoms with E-state index in [1.54, 1.807) is 0 Å². The first-order valence-electron chi connectivity index (χ1n) is 9.32. The Morgan fingerprint density at radius 1 is 1.13 bits per heavy atom. The van der Waals surface area contributed by atoms with Crippen molar-refractivity contribution in [2.75, 3.05) is 19.6 Å². The number of aliphatic carboxylic acids is 1. The number of nitrogens with zero attached hydrogens (tertiary/aromatic N) is 1. The average Bonchev–Trinajstić information content (AvgIpc) is 3.18. The summed E-state index contributed by atoms with van der Waals surface area (Å²) in [6.45, 7) is 2.24. The molecule has 3 rings (SSSR count). The average molecular weight is 322 g/mol. The third-order valence-electron chi connectivity index (χ3n) is 5.86. The molecule has 5 heteroatoms. The quantitative estimate of drug-likeness (QED) is 0.755. The van der Waals surface area contributed by atoms with E-state index >= 15 is 0 Å². The number of carboxylic acid groups (broad SMARTS) is 1. The highest BCUT2D eigenvalue weighted by molar-refractivity contribution is 5.76. The van der Waals surface area contributed by atoms with Crippen LogP contribution in [0.4, 0.5) is 0 Å². The number of likely N-dealkylation sites (tertiary alicyclic amines) is 1. The monoisotopic (exact) mass is 322 g/mol. The van der Waals surface area contributed by atoms with E-state index in [4.69, 9.17) is 0 Å². The fourth-order valence-corrected chi connectivity index (χ4v) is 4.35. The van der Waals surface area contributed by atoms with Gasteiger partial charge in [0.15, 0.2) is 0 Å². The standard InChI is InChI=1S/C18H30N2O3/c21-16(19-15-4-1-2-5-15)8-11-20-10-3-9-18(13-20,17(22)23)12-14-6-7-14/h14-15H,1-13H2,(H,19,21)(H,22,23)/t18-/m0/s1. The minimum absolute atomic E-state index is 0.130. The lowest BCUT2D eigenvalue weighted by Gasteiger charge is -2.40. The van der Waals surface area contributed by atoms with Crippen molar-refractivity contribution in [3.63, 3.8) is 0 Å². The van der Waals surface area contributed by atoms with Crippen molar-refractivity contribution >= 4 is 11.9 Å². The van der Waals surface area contributed by atoms with Crippen LogP contribution < -0.4 is 5.32 Å². The van der Waals surface area contributed by atoms with Gasteiger partial charge in [-0.1, -0.05) is 25.7 Å². The molecule has 130 valence electrons. The number of hydrogen-bond donors (Lipinski definition) is 2. The molecule has 2 saturated carbocycles. The Kier molecular flexibility index (Phi) is 5.24. The van der Waals surface area contributed by atoms with Gasteiger partial charge in [-0.25, -0.2) is 0 Å². The number of piperidine rings is 1. The molecule has 0 radical (unpaired) electrons. The summed E-state index contributed by atoms with van der Waals surface area (Å²) in [6.07, 6.45) is 10.1. The maximum absolute atomic E-state index is 12.1. The van der Waals surface area contributed by atoms with Crippen molar-refractivity contribution in [1.82, 2.24) is 10.2 Å². The van der Waals surface area contributed by atoms with Gasteiger partial charge in [0.25, 0.3) is 0 Å². The molecule has 5 nitrogen and oxygen atoms in total. The molecule has 0 unspecified atom stereocenters. The maximum atomic E-state index is 12.1. The van der Waals surface area contributed by atoms with E-state index in [-0.39, 0.29) is 5.91 Å². The molecule has 0 aromatic rings. The second-order valence-electron chi connectivity index (χ2n) is 7.91. The molecular weight excluding hydrogens is 292 g/mol. The second-order valence-corrected chi connectivity index (χ2v) is 7.91. The molecule has 2 N–H and O–H groups in total. The highest BCUT2D eigenvalue weighted by Crippen LogP contribution is 2.44. The first-order valence-corrected chi connectivity index (χ1v) is 9.32. The molecule has 1 aliphatic heterocycles. The van der Waals surface area contributed by atoms with E-state index in [1.165, 1.54) is 25.7 Å². The van der Waals surface area contributed by atoms with E-state index in [0.29, 0.717) is 31.5 Å². The summed E-state index contributed by atoms with van der Waals surface area (Å²) in [5.41, 5.74) is -0.568. The third-order valence-corrected chi connectivity index (χ3v) is 5.86. The van der Waals surface area contributed by atoms with E-state index < -0.39 is 11.4 Å². The SMILES string of the molecule is O=C(CCN1CCC[C@@](CC2CC2)(C(=O)O)C1)NC1CCCC1. The molecule has 1 atom stereocenters. The molecule has 3 fully saturated rings. The Labute approximate surface area is 138 Å². The normalized spacial score (nSPS) is 29.6. The zero-order valence-corrected chi connectivity index (χ0v) is 14.1. The highest BCUT2D eigenvalue weighted by Gasteiger charge is 2.45. The van der Waals surface area contributed by atoms with Crippen molar-refractivity contribution in [2.24, 2.45) is 11.3 Å². The number of carbonyl (C=O) groups excluding carboxylic acids is 1. The minimum Gasteiger partial charge on any atom is -0.481 e. The Bertz CT molecular complexity index is 444. The zero-order chi connectivity index (χ0) is 16.3. The lowest BCUT2D eigenvalue weighted by atomic mass is 9.75. The van der Waals surface area contributed by atoms with Gasteiger partial charge < -0.3 is 15.3 Å². The van der Waals surface area contributed by atoms with Crippen LogP contribution in [0.2, 0.25) is 0 Å². The number of rotatable bonds is 7. The van der Waals surface area contributed by atoms with Crippen molar-refractivity contribution < 1.29 is 14.7 Å². The number of hydrogen-bond acceptors (Lipinski definition) is 3. The Morgan fingerprint density at radius 3 is 2.52 bits per heavy atom. The van der Waals surface area contributed by atoms with Gasteiger partial charge in [-0.2, -0.15) is 0 Å². The number of amides is 1. The zero-order valence-electron chi connectivity index (χ0n) is 14.1. The van der Waals surface area contributed by atoms with E-state index in [9.17, 15) is 14.7 Å². The summed E-state index contributed by atoms with van der Waals surface area (Å²) in [6, 6.07) is 0.372. The molecular formula is C18H30N2O3. The van der Waals surface area contributed by atoms with Gasteiger partial charge in [-0.15, -0.1) is 0 Å². The van der Waals surface area contributed by atoms with Crippen molar-refractivity contribution in [2.45, 2.75) is 70.3 Å². The molecule has 1 amide bonds. The second kappa shape index (κ2) is 7.20. The van der Waals surface area contributed by atoms with Crippen LogP contribution in [0.15, 0.2) is 0 Å². The first kappa shape index (κ1) is 16.7. The summed E-state index contributed by atoms with van der Waals surface area (Å²) >= 11 is 0. The molecule has 1 heterocycles. The smallest absolute Gasteiger partial charge is 0.310 e. The Hall–Kier alpha value is -1.10. The van der Waals surface area contributed by atoms with Crippen molar-refractivity contribution in [3.8, 4) is 0 Å². The van der Waals surface area contributed by atoms with E-state index in [0.717, 1.165) is 38.6 Å². The van der Waals surface area contributed by atoms with Crippen LogP contribution in [0.3, 0.4) is 0 Å². The maximum Gasteiger partial charge on any atom is 0.310 e. The van der Waals surface area contributed by atoms with Crippen LogP contribution >= 0.6 is 0 Å². The molecule has 0 aromatic carbocycles. The lowest BCUT2D eigenvalue weighted by Crippen LogP contribution is -2.49. The predicted molar refractivity (Wildman–Crippen MR) is 88.1 cm³/mol. The van der Waals surface area contributed by atoms with Gasteiger partial charge in [0, 0.05) is 25.6 Å². The van der Waals surface area contributed by atoms with Crippen LogP contribution in [-0.4, -0.2) is 47.6 Å². The molecule has 23 heavy (non-hydrogen) atoms. The largest absolute Gasteiger partial charge is 0.481 e. The molecule has 0 spiro atoms. The van der Waals surface area contributed by atoms with Crippen molar-refractivity contribution in [3.05, 3.63) is 0 Å². The van der Waals surface area contributed by atoms with E-state index in [1.807, 2.05) is 0 Å². The fourth-order valence-electron chi connectivity index (χ4n) is 4.35. The Balaban J connectivity index is 1.47. The topological polar surface area (TPSA) is 69.6 Å². The third kappa shape index (κ3) is 4.46. The van der Waals surface area contributed by atoms with Crippen molar-refractivity contribution in [1.29, 1.82) is 0 Å². The first-order chi connectivity index (χ1) is 11.1. The summed E-state index contributed by atoms with van der Waals surface area (Å²) in [7, 11) is 0. The highest BCUT2D eigenvalue weighted by atomic mass is 16.4. The van der Waals surface area contributed by atoms with Gasteiger partial charge >= 0.3 is 5.97 Å². The minimum atomic E-state index is -0.635. The van der Waals surface area contributed by atoms with Gasteiger partial charge in [0.05, 0.1) is 5.41 Å². The van der Waals surface area contributed by atoms with Gasteiger partial charge in [0.1, 0.15) is 0 Å². The van der Waals surface area contributed by atoms with Crippen LogP contribution in [-0.2, 0) is 9.59 Å². The van der Waals surface area contributed by atoms with Crippen LogP contribution in [0, 0.1) is 11.3 Å². The molecule has 3 aliphatic rings. The lowest BCUT2D eigenvalue weighted by molar-refractivity contribution is -0.153. The van der Waals surface area contributed by atoms with Gasteiger partial charge in [-0.3, -0.25) is 9.59 Å². The molecule has 0 bridgehead atoms. The fraction of sp³-hybridized carbons (Fsp3) is 0.889. The van der Waals surface area contributed by atoms with Gasteiger partial charge in [0.2, 0.25) is 5.91 Å². The summed E-state index contributed by atoms with van der Waals surface area (Å²) in [5, 5.41) is 12.9. The molecule has 1 saturated heterocycles. The Morgan fingerprint density at radius 2 is 1.87 bits per heavy atom. The predicted octanol–water partition coefficient (Wildman–Crippen LogP) is 2.40. The number of nitrogens with one attached hydrogen (secondary N) is 1. The number of carbonyl (C=O) groups is 2. The molecule has 2 aliphatic carbocycles. The summed E-state index contributed by atoms with van der Waals surface area (Å²) in [4.78, 5) is 26.1. The van der Waals surface area contributed by atoms with Crippen LogP contribution in [0.5, 0.6) is 0 Å². The van der Waals surface area contributed by atoms with Gasteiger partial charge in [-0.05, 0) is 44.6 Å². The summed E-state index contributed by atoms with van der Waals surface area (Å²) < 4.78 is 0. The van der Waals surface area contributed by atoms with E-state index in [2.05, 4.69) is 10.2 Å². The number of carboxylic acids is 1. The summed E-state index contributed by atoms with van der Waals surface area (Å²) in [5.74, 6) is 0.117. The molecule has 0 aromatic heterocycles. The van der Waals surface area contributed by atoms with Crippen LogP contribution in [0.25, 0.3) is 0 Å².